The second kappa shape index (κ2) is 12.0. The van der Waals surface area contributed by atoms with Gasteiger partial charge >= 0.3 is 5.97 Å². The van der Waals surface area contributed by atoms with Gasteiger partial charge in [-0.2, -0.15) is 0 Å². The van der Waals surface area contributed by atoms with Gasteiger partial charge in [-0.3, -0.25) is 4.79 Å². The van der Waals surface area contributed by atoms with Crippen molar-refractivity contribution in [2.24, 2.45) is 11.8 Å². The van der Waals surface area contributed by atoms with Crippen molar-refractivity contribution in [1.29, 1.82) is 0 Å². The highest BCUT2D eigenvalue weighted by Crippen LogP contribution is 2.48. The lowest BCUT2D eigenvalue weighted by molar-refractivity contribution is -0.138. The second-order valence-corrected chi connectivity index (χ2v) is 9.11. The SMILES string of the molecule is CCCCC(CC(=O)O)C1CCc2cc(OC)c(OC)cc2C1Cc1ccc(OC)c(OC)c1. The third-order valence-corrected chi connectivity index (χ3v) is 7.18. The number of hydrogen-bond donors (Lipinski definition) is 1. The molecule has 0 amide bonds. The summed E-state index contributed by atoms with van der Waals surface area (Å²) in [6.45, 7) is 2.16. The Morgan fingerprint density at radius 2 is 1.62 bits per heavy atom. The molecular formula is C28H38O6. The molecule has 0 spiro atoms. The maximum atomic E-state index is 11.8. The highest BCUT2D eigenvalue weighted by atomic mass is 16.5. The Hall–Kier alpha value is -2.89. The molecule has 1 aliphatic carbocycles. The number of hydrogen-bond acceptors (Lipinski definition) is 5. The van der Waals surface area contributed by atoms with Crippen LogP contribution in [0.1, 0.15) is 61.6 Å². The van der Waals surface area contributed by atoms with E-state index in [1.165, 1.54) is 11.1 Å². The average molecular weight is 471 g/mol. The highest BCUT2D eigenvalue weighted by Gasteiger charge is 2.36. The van der Waals surface area contributed by atoms with Gasteiger partial charge in [0.1, 0.15) is 0 Å². The van der Waals surface area contributed by atoms with E-state index in [0.717, 1.165) is 49.8 Å². The lowest BCUT2D eigenvalue weighted by Crippen LogP contribution is -2.30. The molecule has 3 rings (SSSR count). The van der Waals surface area contributed by atoms with Crippen LogP contribution in [0, 0.1) is 11.8 Å². The van der Waals surface area contributed by atoms with Crippen LogP contribution in [-0.4, -0.2) is 39.5 Å². The normalized spacial score (nSPS) is 18.0. The van der Waals surface area contributed by atoms with Crippen LogP contribution in [-0.2, 0) is 17.6 Å². The third-order valence-electron chi connectivity index (χ3n) is 7.18. The zero-order valence-corrected chi connectivity index (χ0v) is 21.1. The number of fused-ring (bicyclic) bond motifs is 1. The standard InChI is InChI=1S/C28H38O6/c1-6-7-8-19(16-28(29)30)21-11-10-20-15-26(33-4)27(34-5)17-22(20)23(21)13-18-9-12-24(31-2)25(14-18)32-3/h9,12,14-15,17,19,21,23H,6-8,10-11,13,16H2,1-5H3,(H,29,30). The predicted octanol–water partition coefficient (Wildman–Crippen LogP) is 5.89. The molecule has 0 fully saturated rings. The van der Waals surface area contributed by atoms with Crippen LogP contribution < -0.4 is 18.9 Å². The first-order valence-electron chi connectivity index (χ1n) is 12.1. The quantitative estimate of drug-likeness (QED) is 0.417. The molecule has 6 nitrogen and oxygen atoms in total. The summed E-state index contributed by atoms with van der Waals surface area (Å²) in [5.41, 5.74) is 3.62. The van der Waals surface area contributed by atoms with E-state index in [1.54, 1.807) is 28.4 Å². The fourth-order valence-electron chi connectivity index (χ4n) is 5.50. The minimum atomic E-state index is -0.718. The Morgan fingerprint density at radius 1 is 0.971 bits per heavy atom. The fraction of sp³-hybridized carbons (Fsp3) is 0.536. The maximum Gasteiger partial charge on any atom is 0.303 e. The molecular weight excluding hydrogens is 432 g/mol. The molecule has 0 aromatic heterocycles. The Kier molecular flexibility index (Phi) is 9.08. The van der Waals surface area contributed by atoms with Gasteiger partial charge in [0.25, 0.3) is 0 Å². The van der Waals surface area contributed by atoms with Gasteiger partial charge < -0.3 is 24.1 Å². The van der Waals surface area contributed by atoms with Gasteiger partial charge in [0, 0.05) is 6.42 Å². The maximum absolute atomic E-state index is 11.8. The van der Waals surface area contributed by atoms with Crippen LogP contribution >= 0.6 is 0 Å². The average Bonchev–Trinajstić information content (AvgIpc) is 2.85. The van der Waals surface area contributed by atoms with Gasteiger partial charge in [0.2, 0.25) is 0 Å². The lowest BCUT2D eigenvalue weighted by atomic mass is 9.66. The van der Waals surface area contributed by atoms with Gasteiger partial charge in [-0.05, 0) is 84.4 Å². The van der Waals surface area contributed by atoms with E-state index < -0.39 is 5.97 Å². The van der Waals surface area contributed by atoms with E-state index in [-0.39, 0.29) is 24.2 Å². The molecule has 34 heavy (non-hydrogen) atoms. The minimum absolute atomic E-state index is 0.129. The summed E-state index contributed by atoms with van der Waals surface area (Å²) in [6.07, 6.45) is 5.89. The third kappa shape index (κ3) is 5.78. The number of ether oxygens (including phenoxy) is 4. The molecule has 6 heteroatoms. The number of rotatable bonds is 12. The van der Waals surface area contributed by atoms with E-state index in [9.17, 15) is 9.90 Å². The van der Waals surface area contributed by atoms with Crippen LogP contribution in [0.15, 0.2) is 30.3 Å². The number of carbonyl (C=O) groups is 1. The number of methoxy groups -OCH3 is 4. The van der Waals surface area contributed by atoms with E-state index in [0.29, 0.717) is 17.2 Å². The van der Waals surface area contributed by atoms with Crippen molar-refractivity contribution in [3.63, 3.8) is 0 Å². The first-order valence-corrected chi connectivity index (χ1v) is 12.1. The summed E-state index contributed by atoms with van der Waals surface area (Å²) in [4.78, 5) is 11.8. The van der Waals surface area contributed by atoms with E-state index >= 15 is 0 Å². The Morgan fingerprint density at radius 3 is 2.24 bits per heavy atom. The van der Waals surface area contributed by atoms with Crippen molar-refractivity contribution in [2.45, 2.75) is 57.8 Å². The molecule has 0 bridgehead atoms. The van der Waals surface area contributed by atoms with Gasteiger partial charge in [-0.1, -0.05) is 25.8 Å². The van der Waals surface area contributed by atoms with Crippen LogP contribution in [0.25, 0.3) is 0 Å². The second-order valence-electron chi connectivity index (χ2n) is 9.11. The van der Waals surface area contributed by atoms with Gasteiger partial charge in [0.05, 0.1) is 28.4 Å². The molecule has 3 unspecified atom stereocenters. The molecule has 2 aromatic rings. The fourth-order valence-corrected chi connectivity index (χ4v) is 5.50. The summed E-state index contributed by atoms with van der Waals surface area (Å²) in [5, 5.41) is 9.69. The monoisotopic (exact) mass is 470 g/mol. The smallest absolute Gasteiger partial charge is 0.303 e. The molecule has 0 saturated heterocycles. The first kappa shape index (κ1) is 25.7. The number of carboxylic acids is 1. The molecule has 1 N–H and O–H groups in total. The van der Waals surface area contributed by atoms with Crippen LogP contribution in [0.2, 0.25) is 0 Å². The molecule has 1 aliphatic rings. The van der Waals surface area contributed by atoms with Crippen molar-refractivity contribution >= 4 is 5.97 Å². The molecule has 2 aromatic carbocycles. The Labute approximate surface area is 203 Å². The molecule has 0 saturated carbocycles. The van der Waals surface area contributed by atoms with E-state index in [1.807, 2.05) is 12.1 Å². The summed E-state index contributed by atoms with van der Waals surface area (Å²) < 4.78 is 22.2. The van der Waals surface area contributed by atoms with E-state index in [2.05, 4.69) is 25.1 Å². The Bertz CT molecular complexity index is 970. The minimum Gasteiger partial charge on any atom is -0.493 e. The zero-order chi connectivity index (χ0) is 24.7. The van der Waals surface area contributed by atoms with Crippen LogP contribution in [0.4, 0.5) is 0 Å². The van der Waals surface area contributed by atoms with Gasteiger partial charge in [-0.15, -0.1) is 0 Å². The van der Waals surface area contributed by atoms with E-state index in [4.69, 9.17) is 18.9 Å². The van der Waals surface area contributed by atoms with Crippen molar-refractivity contribution in [3.8, 4) is 23.0 Å². The summed E-state index contributed by atoms with van der Waals surface area (Å²) in [6, 6.07) is 10.2. The zero-order valence-electron chi connectivity index (χ0n) is 21.1. The van der Waals surface area contributed by atoms with Crippen LogP contribution in [0.5, 0.6) is 23.0 Å². The van der Waals surface area contributed by atoms with Gasteiger partial charge in [-0.25, -0.2) is 0 Å². The largest absolute Gasteiger partial charge is 0.493 e. The van der Waals surface area contributed by atoms with Crippen molar-refractivity contribution in [2.75, 3.05) is 28.4 Å². The van der Waals surface area contributed by atoms with Crippen LogP contribution in [0.3, 0.4) is 0 Å². The number of carboxylic acid groups (broad SMARTS) is 1. The molecule has 0 aliphatic heterocycles. The lowest BCUT2D eigenvalue weighted by Gasteiger charge is -2.39. The number of aryl methyl sites for hydroxylation is 1. The summed E-state index contributed by atoms with van der Waals surface area (Å²) >= 11 is 0. The topological polar surface area (TPSA) is 74.2 Å². The first-order chi connectivity index (χ1) is 16.4. The van der Waals surface area contributed by atoms with Crippen molar-refractivity contribution in [1.82, 2.24) is 0 Å². The summed E-state index contributed by atoms with van der Waals surface area (Å²) in [5.74, 6) is 2.69. The molecule has 186 valence electrons. The molecule has 3 atom stereocenters. The Balaban J connectivity index is 2.06. The predicted molar refractivity (Wildman–Crippen MR) is 133 cm³/mol. The summed E-state index contributed by atoms with van der Waals surface area (Å²) in [7, 11) is 6.59. The number of unbranched alkanes of at least 4 members (excludes halogenated alkanes) is 1. The molecule has 0 heterocycles. The highest BCUT2D eigenvalue weighted by molar-refractivity contribution is 5.67. The van der Waals surface area contributed by atoms with Gasteiger partial charge in [0.15, 0.2) is 23.0 Å². The molecule has 0 radical (unpaired) electrons. The van der Waals surface area contributed by atoms with Crippen molar-refractivity contribution < 1.29 is 28.8 Å². The number of benzene rings is 2. The number of aliphatic carboxylic acids is 1. The van der Waals surface area contributed by atoms with Crippen molar-refractivity contribution in [3.05, 3.63) is 47.0 Å².